The van der Waals surface area contributed by atoms with Crippen molar-refractivity contribution in [1.82, 2.24) is 0 Å². The molecule has 18 heavy (non-hydrogen) atoms. The molecule has 0 aromatic heterocycles. The highest BCUT2D eigenvalue weighted by atomic mass is 35.5. The van der Waals surface area contributed by atoms with Gasteiger partial charge in [-0.2, -0.15) is 0 Å². The topological polar surface area (TPSA) is 55.1 Å². The number of rotatable bonds is 3. The summed E-state index contributed by atoms with van der Waals surface area (Å²) in [5, 5.41) is 2.96. The molecule has 1 aliphatic carbocycles. The van der Waals surface area contributed by atoms with E-state index in [1.807, 2.05) is 0 Å². The van der Waals surface area contributed by atoms with E-state index in [-0.39, 0.29) is 22.8 Å². The number of benzene rings is 1. The van der Waals surface area contributed by atoms with E-state index in [2.05, 4.69) is 5.32 Å². The first-order valence-corrected chi connectivity index (χ1v) is 6.45. The van der Waals surface area contributed by atoms with Crippen LogP contribution in [0, 0.1) is 17.7 Å². The van der Waals surface area contributed by atoms with Crippen molar-refractivity contribution in [2.24, 2.45) is 17.6 Å². The maximum atomic E-state index is 12.9. The second kappa shape index (κ2) is 5.67. The molecule has 1 aromatic rings. The van der Waals surface area contributed by atoms with E-state index in [0.717, 1.165) is 19.3 Å². The van der Waals surface area contributed by atoms with Gasteiger partial charge in [0, 0.05) is 5.92 Å². The van der Waals surface area contributed by atoms with Crippen LogP contribution in [0.5, 0.6) is 0 Å². The molecule has 0 spiro atoms. The Kier molecular flexibility index (Phi) is 4.19. The molecule has 2 unspecified atom stereocenters. The highest BCUT2D eigenvalue weighted by Crippen LogP contribution is 2.32. The number of halogens is 2. The van der Waals surface area contributed by atoms with Gasteiger partial charge in [-0.25, -0.2) is 4.39 Å². The number of nitrogens with one attached hydrogen (secondary N) is 1. The fraction of sp³-hybridized carbons (Fsp3) is 0.462. The number of carbonyl (C=O) groups excluding carboxylic acids is 1. The number of hydrogen-bond donors (Lipinski definition) is 2. The molecular formula is C13H16ClFN2O. The first-order valence-electron chi connectivity index (χ1n) is 6.08. The van der Waals surface area contributed by atoms with Gasteiger partial charge in [-0.05, 0) is 43.5 Å². The standard InChI is InChI=1S/C13H16ClFN2O/c14-11-6-9(15)4-5-12(11)17-13(18)10-3-1-2-8(10)7-16/h4-6,8,10H,1-3,7,16H2,(H,17,18). The average molecular weight is 271 g/mol. The number of amides is 1. The van der Waals surface area contributed by atoms with Crippen LogP contribution in [0.3, 0.4) is 0 Å². The first-order chi connectivity index (χ1) is 8.61. The summed E-state index contributed by atoms with van der Waals surface area (Å²) in [6, 6.07) is 3.94. The number of carbonyl (C=O) groups is 1. The van der Waals surface area contributed by atoms with Crippen molar-refractivity contribution in [3.8, 4) is 0 Å². The SMILES string of the molecule is NCC1CCCC1C(=O)Nc1ccc(F)cc1Cl. The summed E-state index contributed by atoms with van der Waals surface area (Å²) in [5.74, 6) is -0.310. The van der Waals surface area contributed by atoms with Crippen molar-refractivity contribution < 1.29 is 9.18 Å². The van der Waals surface area contributed by atoms with Gasteiger partial charge in [0.1, 0.15) is 5.82 Å². The molecule has 5 heteroatoms. The summed E-state index contributed by atoms with van der Waals surface area (Å²) in [6.07, 6.45) is 2.87. The minimum Gasteiger partial charge on any atom is -0.330 e. The van der Waals surface area contributed by atoms with Crippen molar-refractivity contribution in [3.63, 3.8) is 0 Å². The zero-order valence-electron chi connectivity index (χ0n) is 9.96. The Bertz CT molecular complexity index is 453. The fourth-order valence-electron chi connectivity index (χ4n) is 2.48. The van der Waals surface area contributed by atoms with E-state index in [9.17, 15) is 9.18 Å². The zero-order valence-corrected chi connectivity index (χ0v) is 10.7. The molecule has 1 amide bonds. The smallest absolute Gasteiger partial charge is 0.227 e. The highest BCUT2D eigenvalue weighted by Gasteiger charge is 2.32. The maximum Gasteiger partial charge on any atom is 0.227 e. The molecule has 3 N–H and O–H groups in total. The molecule has 1 saturated carbocycles. The van der Waals surface area contributed by atoms with Crippen LogP contribution in [0.25, 0.3) is 0 Å². The normalized spacial score (nSPS) is 23.1. The minimum atomic E-state index is -0.418. The Morgan fingerprint density at radius 3 is 2.94 bits per heavy atom. The highest BCUT2D eigenvalue weighted by molar-refractivity contribution is 6.33. The van der Waals surface area contributed by atoms with Gasteiger partial charge in [0.05, 0.1) is 10.7 Å². The molecule has 0 radical (unpaired) electrons. The maximum absolute atomic E-state index is 12.9. The lowest BCUT2D eigenvalue weighted by Crippen LogP contribution is -2.29. The van der Waals surface area contributed by atoms with Gasteiger partial charge < -0.3 is 11.1 Å². The molecule has 1 fully saturated rings. The molecule has 2 atom stereocenters. The largest absolute Gasteiger partial charge is 0.330 e. The van der Waals surface area contributed by atoms with Crippen molar-refractivity contribution in [2.75, 3.05) is 11.9 Å². The van der Waals surface area contributed by atoms with E-state index in [0.29, 0.717) is 12.2 Å². The molecule has 0 aliphatic heterocycles. The van der Waals surface area contributed by atoms with Crippen molar-refractivity contribution in [1.29, 1.82) is 0 Å². The van der Waals surface area contributed by atoms with Crippen molar-refractivity contribution >= 4 is 23.2 Å². The van der Waals surface area contributed by atoms with E-state index in [4.69, 9.17) is 17.3 Å². The van der Waals surface area contributed by atoms with Crippen molar-refractivity contribution in [3.05, 3.63) is 29.0 Å². The third kappa shape index (κ3) is 2.82. The van der Waals surface area contributed by atoms with Gasteiger partial charge in [0.25, 0.3) is 0 Å². The van der Waals surface area contributed by atoms with Crippen LogP contribution in [-0.2, 0) is 4.79 Å². The Morgan fingerprint density at radius 1 is 1.50 bits per heavy atom. The first kappa shape index (κ1) is 13.3. The van der Waals surface area contributed by atoms with E-state index < -0.39 is 5.82 Å². The average Bonchev–Trinajstić information content (AvgIpc) is 2.81. The Balaban J connectivity index is 2.07. The Morgan fingerprint density at radius 2 is 2.28 bits per heavy atom. The molecular weight excluding hydrogens is 255 g/mol. The van der Waals surface area contributed by atoms with Gasteiger partial charge in [-0.3, -0.25) is 4.79 Å². The quantitative estimate of drug-likeness (QED) is 0.887. The summed E-state index contributed by atoms with van der Waals surface area (Å²) in [4.78, 5) is 12.1. The summed E-state index contributed by atoms with van der Waals surface area (Å²) in [7, 11) is 0. The minimum absolute atomic E-state index is 0.0591. The summed E-state index contributed by atoms with van der Waals surface area (Å²) in [6.45, 7) is 0.523. The van der Waals surface area contributed by atoms with E-state index in [1.165, 1.54) is 18.2 Å². The van der Waals surface area contributed by atoms with Crippen LogP contribution in [0.4, 0.5) is 10.1 Å². The monoisotopic (exact) mass is 270 g/mol. The van der Waals surface area contributed by atoms with Crippen LogP contribution in [-0.4, -0.2) is 12.5 Å². The molecule has 0 heterocycles. The molecule has 98 valence electrons. The van der Waals surface area contributed by atoms with Gasteiger partial charge in [-0.1, -0.05) is 18.0 Å². The van der Waals surface area contributed by atoms with Crippen LogP contribution >= 0.6 is 11.6 Å². The van der Waals surface area contributed by atoms with Gasteiger partial charge in [0.2, 0.25) is 5.91 Å². The third-order valence-corrected chi connectivity index (χ3v) is 3.80. The Hall–Kier alpha value is -1.13. The second-order valence-electron chi connectivity index (χ2n) is 4.65. The molecule has 1 aromatic carbocycles. The molecule has 3 nitrogen and oxygen atoms in total. The number of anilines is 1. The van der Waals surface area contributed by atoms with E-state index >= 15 is 0 Å². The lowest BCUT2D eigenvalue weighted by atomic mass is 9.95. The lowest BCUT2D eigenvalue weighted by molar-refractivity contribution is -0.120. The van der Waals surface area contributed by atoms with Gasteiger partial charge >= 0.3 is 0 Å². The summed E-state index contributed by atoms with van der Waals surface area (Å²) >= 11 is 5.87. The molecule has 2 rings (SSSR count). The van der Waals surface area contributed by atoms with Crippen LogP contribution in [0.1, 0.15) is 19.3 Å². The number of nitrogens with two attached hydrogens (primary N) is 1. The second-order valence-corrected chi connectivity index (χ2v) is 5.05. The molecule has 0 saturated heterocycles. The Labute approximate surface area is 111 Å². The van der Waals surface area contributed by atoms with Crippen molar-refractivity contribution in [2.45, 2.75) is 19.3 Å². The zero-order chi connectivity index (χ0) is 13.1. The molecule has 1 aliphatic rings. The number of hydrogen-bond acceptors (Lipinski definition) is 2. The summed E-state index contributed by atoms with van der Waals surface area (Å²) in [5.41, 5.74) is 6.10. The van der Waals surface area contributed by atoms with Gasteiger partial charge in [-0.15, -0.1) is 0 Å². The lowest BCUT2D eigenvalue weighted by Gasteiger charge is -2.17. The van der Waals surface area contributed by atoms with Crippen LogP contribution in [0.2, 0.25) is 5.02 Å². The fourth-order valence-corrected chi connectivity index (χ4v) is 2.69. The third-order valence-electron chi connectivity index (χ3n) is 3.49. The van der Waals surface area contributed by atoms with Crippen LogP contribution < -0.4 is 11.1 Å². The van der Waals surface area contributed by atoms with Gasteiger partial charge in [0.15, 0.2) is 0 Å². The van der Waals surface area contributed by atoms with Crippen LogP contribution in [0.15, 0.2) is 18.2 Å². The van der Waals surface area contributed by atoms with E-state index in [1.54, 1.807) is 0 Å². The summed E-state index contributed by atoms with van der Waals surface area (Å²) < 4.78 is 12.9. The predicted molar refractivity (Wildman–Crippen MR) is 69.9 cm³/mol. The molecule has 0 bridgehead atoms. The predicted octanol–water partition coefficient (Wildman–Crippen LogP) is 2.79.